The third-order valence-electron chi connectivity index (χ3n) is 2.47. The third kappa shape index (κ3) is 2.35. The number of nitrogens with one attached hydrogen (secondary N) is 1. The monoisotopic (exact) mass is 247 g/mol. The summed E-state index contributed by atoms with van der Waals surface area (Å²) in [5.41, 5.74) is 2.10. The Labute approximate surface area is 104 Å². The summed E-state index contributed by atoms with van der Waals surface area (Å²) in [4.78, 5) is 10.5. The predicted octanol–water partition coefficient (Wildman–Crippen LogP) is 1.20. The molecule has 1 aromatic heterocycles. The quantitative estimate of drug-likeness (QED) is 0.648. The molecule has 1 N–H and O–H groups in total. The molecule has 0 spiro atoms. The molecule has 0 aliphatic rings. The lowest BCUT2D eigenvalue weighted by molar-refractivity contribution is -0.384. The number of rotatable bonds is 4. The van der Waals surface area contributed by atoms with E-state index in [4.69, 9.17) is 0 Å². The molecule has 0 fully saturated rings. The second-order valence-electron chi connectivity index (χ2n) is 3.93. The molecule has 7 nitrogen and oxygen atoms in total. The van der Waals surface area contributed by atoms with Crippen LogP contribution in [0.15, 0.2) is 24.4 Å². The number of hydrogen-bond acceptors (Lipinski definition) is 5. The molecule has 0 bridgehead atoms. The van der Waals surface area contributed by atoms with Gasteiger partial charge in [0.05, 0.1) is 16.8 Å². The van der Waals surface area contributed by atoms with Crippen LogP contribution in [0.3, 0.4) is 0 Å². The molecule has 94 valence electrons. The highest BCUT2D eigenvalue weighted by atomic mass is 16.6. The molecule has 2 aromatic rings. The lowest BCUT2D eigenvalue weighted by Gasteiger charge is -2.02. The largest absolute Gasteiger partial charge is 0.314 e. The fraction of sp³-hybridized carbons (Fsp3) is 0.273. The third-order valence-corrected chi connectivity index (χ3v) is 2.47. The minimum Gasteiger partial charge on any atom is -0.314 e. The van der Waals surface area contributed by atoms with Gasteiger partial charge in [0.15, 0.2) is 0 Å². The Balaban J connectivity index is 2.47. The molecule has 0 saturated carbocycles. The maximum Gasteiger partial charge on any atom is 0.294 e. The van der Waals surface area contributed by atoms with Crippen LogP contribution in [0.4, 0.5) is 5.69 Å². The molecule has 1 heterocycles. The first-order valence-electron chi connectivity index (χ1n) is 5.43. The highest BCUT2D eigenvalue weighted by Crippen LogP contribution is 2.23. The Bertz CT molecular complexity index is 579. The minimum absolute atomic E-state index is 0.0153. The first kappa shape index (κ1) is 12.2. The number of nitro benzene ring substituents is 1. The van der Waals surface area contributed by atoms with Crippen molar-refractivity contribution >= 4 is 5.69 Å². The maximum absolute atomic E-state index is 11.0. The molecular weight excluding hydrogens is 234 g/mol. The van der Waals surface area contributed by atoms with Gasteiger partial charge >= 0.3 is 0 Å². The molecule has 1 aromatic carbocycles. The summed E-state index contributed by atoms with van der Waals surface area (Å²) in [6, 6.07) is 4.90. The van der Waals surface area contributed by atoms with Gasteiger partial charge in [-0.25, -0.2) is 4.68 Å². The first-order chi connectivity index (χ1) is 8.61. The van der Waals surface area contributed by atoms with Crippen molar-refractivity contribution in [1.82, 2.24) is 20.3 Å². The fourth-order valence-corrected chi connectivity index (χ4v) is 1.65. The first-order valence-corrected chi connectivity index (χ1v) is 5.43. The van der Waals surface area contributed by atoms with E-state index < -0.39 is 4.92 Å². The van der Waals surface area contributed by atoms with Crippen molar-refractivity contribution in [2.75, 3.05) is 7.05 Å². The van der Waals surface area contributed by atoms with Crippen LogP contribution in [0, 0.1) is 17.0 Å². The fourth-order valence-electron chi connectivity index (χ4n) is 1.65. The number of benzene rings is 1. The zero-order valence-corrected chi connectivity index (χ0v) is 10.1. The van der Waals surface area contributed by atoms with Crippen LogP contribution in [0.2, 0.25) is 0 Å². The van der Waals surface area contributed by atoms with Crippen LogP contribution in [0.5, 0.6) is 0 Å². The highest BCUT2D eigenvalue weighted by Gasteiger charge is 2.16. The van der Waals surface area contributed by atoms with Gasteiger partial charge < -0.3 is 5.32 Å². The van der Waals surface area contributed by atoms with Gasteiger partial charge in [0.1, 0.15) is 5.69 Å². The van der Waals surface area contributed by atoms with Crippen LogP contribution in [0.1, 0.15) is 11.3 Å². The van der Waals surface area contributed by atoms with Gasteiger partial charge in [-0.1, -0.05) is 11.3 Å². The molecule has 2 rings (SSSR count). The minimum atomic E-state index is -0.422. The Kier molecular flexibility index (Phi) is 3.33. The lowest BCUT2D eigenvalue weighted by atomic mass is 10.2. The van der Waals surface area contributed by atoms with Crippen molar-refractivity contribution in [3.8, 4) is 5.69 Å². The number of aromatic nitrogens is 3. The summed E-state index contributed by atoms with van der Waals surface area (Å²) in [5.74, 6) is 0. The van der Waals surface area contributed by atoms with E-state index >= 15 is 0 Å². The Morgan fingerprint density at radius 2 is 2.28 bits per heavy atom. The maximum atomic E-state index is 11.0. The zero-order chi connectivity index (χ0) is 13.1. The molecule has 0 unspecified atom stereocenters. The lowest BCUT2D eigenvalue weighted by Crippen LogP contribution is -2.05. The summed E-state index contributed by atoms with van der Waals surface area (Å²) < 4.78 is 1.43. The zero-order valence-electron chi connectivity index (χ0n) is 10.1. The van der Waals surface area contributed by atoms with Crippen LogP contribution in [-0.2, 0) is 6.54 Å². The second-order valence-corrected chi connectivity index (χ2v) is 3.93. The number of aryl methyl sites for hydroxylation is 1. The van der Waals surface area contributed by atoms with E-state index in [1.807, 2.05) is 6.92 Å². The van der Waals surface area contributed by atoms with E-state index in [1.54, 1.807) is 25.4 Å². The summed E-state index contributed by atoms with van der Waals surface area (Å²) in [6.45, 7) is 2.44. The topological polar surface area (TPSA) is 85.9 Å². The molecule has 0 saturated heterocycles. The number of nitrogens with zero attached hydrogens (tertiary/aromatic N) is 4. The Hall–Kier alpha value is -2.28. The summed E-state index contributed by atoms with van der Waals surface area (Å²) in [6.07, 6.45) is 1.68. The van der Waals surface area contributed by atoms with Crippen molar-refractivity contribution < 1.29 is 4.92 Å². The standard InChI is InChI=1S/C11H13N5O2/c1-8-3-4-10(16(17)18)11(5-8)15-7-9(6-12-2)13-14-15/h3-5,7,12H,6H2,1-2H3. The van der Waals surface area contributed by atoms with Crippen LogP contribution >= 0.6 is 0 Å². The predicted molar refractivity (Wildman–Crippen MR) is 65.5 cm³/mol. The average molecular weight is 247 g/mol. The van der Waals surface area contributed by atoms with E-state index in [0.717, 1.165) is 11.3 Å². The molecule has 0 atom stereocenters. The van der Waals surface area contributed by atoms with Gasteiger partial charge in [-0.05, 0) is 25.6 Å². The summed E-state index contributed by atoms with van der Waals surface area (Å²) in [5, 5.41) is 21.8. The van der Waals surface area contributed by atoms with Crippen molar-refractivity contribution in [1.29, 1.82) is 0 Å². The van der Waals surface area contributed by atoms with Gasteiger partial charge in [0, 0.05) is 12.6 Å². The summed E-state index contributed by atoms with van der Waals surface area (Å²) >= 11 is 0. The molecule has 18 heavy (non-hydrogen) atoms. The van der Waals surface area contributed by atoms with Crippen LogP contribution in [0.25, 0.3) is 5.69 Å². The highest BCUT2D eigenvalue weighted by molar-refractivity contribution is 5.53. The molecule has 0 aliphatic heterocycles. The van der Waals surface area contributed by atoms with E-state index in [2.05, 4.69) is 15.6 Å². The second kappa shape index (κ2) is 4.92. The molecular formula is C11H13N5O2. The van der Waals surface area contributed by atoms with Crippen molar-refractivity contribution in [2.24, 2.45) is 0 Å². The summed E-state index contributed by atoms with van der Waals surface area (Å²) in [7, 11) is 1.80. The number of nitro groups is 1. The SMILES string of the molecule is CNCc1cn(-c2cc(C)ccc2[N+](=O)[O-])nn1. The van der Waals surface area contributed by atoms with E-state index in [-0.39, 0.29) is 5.69 Å². The van der Waals surface area contributed by atoms with E-state index in [0.29, 0.717) is 12.2 Å². The molecule has 0 amide bonds. The van der Waals surface area contributed by atoms with Gasteiger partial charge in [-0.3, -0.25) is 10.1 Å². The Morgan fingerprint density at radius 3 is 2.94 bits per heavy atom. The molecule has 0 aliphatic carbocycles. The van der Waals surface area contributed by atoms with Crippen molar-refractivity contribution in [3.63, 3.8) is 0 Å². The van der Waals surface area contributed by atoms with Gasteiger partial charge in [-0.15, -0.1) is 5.10 Å². The average Bonchev–Trinajstić information content (AvgIpc) is 2.77. The van der Waals surface area contributed by atoms with Crippen molar-refractivity contribution in [3.05, 3.63) is 45.8 Å². The number of hydrogen-bond donors (Lipinski definition) is 1. The van der Waals surface area contributed by atoms with E-state index in [9.17, 15) is 10.1 Å². The molecule has 0 radical (unpaired) electrons. The Morgan fingerprint density at radius 1 is 1.50 bits per heavy atom. The smallest absolute Gasteiger partial charge is 0.294 e. The van der Waals surface area contributed by atoms with Gasteiger partial charge in [0.2, 0.25) is 0 Å². The normalized spacial score (nSPS) is 10.6. The molecule has 7 heteroatoms. The van der Waals surface area contributed by atoms with E-state index in [1.165, 1.54) is 10.7 Å². The van der Waals surface area contributed by atoms with Crippen LogP contribution < -0.4 is 5.32 Å². The van der Waals surface area contributed by atoms with Crippen LogP contribution in [-0.4, -0.2) is 27.0 Å². The van der Waals surface area contributed by atoms with Gasteiger partial charge in [0.25, 0.3) is 5.69 Å². The van der Waals surface area contributed by atoms with Gasteiger partial charge in [-0.2, -0.15) is 0 Å². The van der Waals surface area contributed by atoms with Crippen molar-refractivity contribution in [2.45, 2.75) is 13.5 Å².